The first-order valence-corrected chi connectivity index (χ1v) is 6.00. The van der Waals surface area contributed by atoms with Crippen molar-refractivity contribution in [2.75, 3.05) is 18.1 Å². The molecular formula is C13H14N4. The van der Waals surface area contributed by atoms with E-state index in [2.05, 4.69) is 50.2 Å². The highest BCUT2D eigenvalue weighted by molar-refractivity contribution is 5.57. The molecule has 3 heterocycles. The summed E-state index contributed by atoms with van der Waals surface area (Å²) in [5, 5.41) is 3.44. The number of fused-ring (bicyclic) bond motifs is 5. The number of rotatable bonds is 0. The van der Waals surface area contributed by atoms with Gasteiger partial charge in [-0.3, -0.25) is 5.32 Å². The van der Waals surface area contributed by atoms with Crippen molar-refractivity contribution >= 4 is 5.69 Å². The first kappa shape index (κ1) is 9.24. The van der Waals surface area contributed by atoms with Gasteiger partial charge in [0.2, 0.25) is 0 Å². The second-order valence-electron chi connectivity index (χ2n) is 4.64. The number of nitrogens with one attached hydrogen (secondary N) is 1. The number of aromatic nitrogens is 2. The topological polar surface area (TPSA) is 33.1 Å². The average Bonchev–Trinajstić information content (AvgIpc) is 2.96. The zero-order valence-electron chi connectivity index (χ0n) is 9.50. The van der Waals surface area contributed by atoms with Crippen molar-refractivity contribution in [1.82, 2.24) is 14.9 Å². The van der Waals surface area contributed by atoms with E-state index in [1.807, 2.05) is 6.20 Å². The van der Waals surface area contributed by atoms with E-state index in [1.165, 1.54) is 17.1 Å². The summed E-state index contributed by atoms with van der Waals surface area (Å²) in [6, 6.07) is 9.01. The van der Waals surface area contributed by atoms with Crippen LogP contribution in [0.4, 0.5) is 5.69 Å². The zero-order valence-corrected chi connectivity index (χ0v) is 9.50. The maximum atomic E-state index is 4.52. The number of hydrogen-bond donors (Lipinski definition) is 1. The standard InChI is InChI=1S/C13H14N4/c1-2-4-11-10(3-1)8-16-6-5-15-13(16)12-7-14-9-17(11)12/h1-6,12,14H,7-9H2. The molecule has 1 N–H and O–H groups in total. The molecule has 0 saturated carbocycles. The molecule has 4 nitrogen and oxygen atoms in total. The Morgan fingerprint density at radius 1 is 1.29 bits per heavy atom. The number of benzene rings is 1. The predicted molar refractivity (Wildman–Crippen MR) is 65.9 cm³/mol. The number of para-hydroxylation sites is 1. The molecular weight excluding hydrogens is 212 g/mol. The van der Waals surface area contributed by atoms with Crippen molar-refractivity contribution < 1.29 is 0 Å². The quantitative estimate of drug-likeness (QED) is 0.736. The van der Waals surface area contributed by atoms with E-state index in [9.17, 15) is 0 Å². The summed E-state index contributed by atoms with van der Waals surface area (Å²) in [6.07, 6.45) is 3.98. The second kappa shape index (κ2) is 3.34. The molecule has 4 heteroatoms. The van der Waals surface area contributed by atoms with Crippen LogP contribution in [0, 0.1) is 0 Å². The molecule has 1 unspecified atom stereocenters. The maximum absolute atomic E-state index is 4.52. The Morgan fingerprint density at radius 3 is 3.24 bits per heavy atom. The highest BCUT2D eigenvalue weighted by Gasteiger charge is 2.32. The molecule has 0 bridgehead atoms. The Balaban J connectivity index is 1.95. The third kappa shape index (κ3) is 1.24. The molecule has 1 aromatic heterocycles. The van der Waals surface area contributed by atoms with E-state index in [1.54, 1.807) is 0 Å². The first-order chi connectivity index (χ1) is 8.43. The lowest BCUT2D eigenvalue weighted by molar-refractivity contribution is 0.651. The van der Waals surface area contributed by atoms with E-state index in [4.69, 9.17) is 0 Å². The van der Waals surface area contributed by atoms with E-state index >= 15 is 0 Å². The maximum Gasteiger partial charge on any atom is 0.133 e. The minimum absolute atomic E-state index is 0.369. The molecule has 2 aliphatic heterocycles. The number of imidazole rings is 1. The Kier molecular flexibility index (Phi) is 1.82. The minimum Gasteiger partial charge on any atom is -0.347 e. The van der Waals surface area contributed by atoms with Crippen LogP contribution in [0.25, 0.3) is 0 Å². The van der Waals surface area contributed by atoms with Gasteiger partial charge in [0, 0.05) is 24.6 Å². The molecule has 0 amide bonds. The monoisotopic (exact) mass is 226 g/mol. The van der Waals surface area contributed by atoms with Gasteiger partial charge >= 0.3 is 0 Å². The van der Waals surface area contributed by atoms with Crippen molar-refractivity contribution in [2.45, 2.75) is 12.6 Å². The highest BCUT2D eigenvalue weighted by Crippen LogP contribution is 2.34. The molecule has 1 saturated heterocycles. The van der Waals surface area contributed by atoms with Crippen molar-refractivity contribution in [2.24, 2.45) is 0 Å². The first-order valence-electron chi connectivity index (χ1n) is 6.00. The molecule has 1 fully saturated rings. The Hall–Kier alpha value is -1.81. The fraction of sp³-hybridized carbons (Fsp3) is 0.308. The normalized spacial score (nSPS) is 21.6. The van der Waals surface area contributed by atoms with Gasteiger partial charge in [-0.25, -0.2) is 4.98 Å². The lowest BCUT2D eigenvalue weighted by atomic mass is 10.1. The van der Waals surface area contributed by atoms with Gasteiger partial charge in [-0.2, -0.15) is 0 Å². The SMILES string of the molecule is c1ccc2c(c1)Cn1ccnc1C1CNCN21. The molecule has 1 atom stereocenters. The lowest BCUT2D eigenvalue weighted by Gasteiger charge is -2.23. The molecule has 86 valence electrons. The fourth-order valence-corrected chi connectivity index (χ4v) is 2.89. The third-order valence-corrected chi connectivity index (χ3v) is 3.68. The summed E-state index contributed by atoms with van der Waals surface area (Å²) in [6.45, 7) is 2.82. The predicted octanol–water partition coefficient (Wildman–Crippen LogP) is 1.35. The van der Waals surface area contributed by atoms with E-state index < -0.39 is 0 Å². The molecule has 0 radical (unpaired) electrons. The summed E-state index contributed by atoms with van der Waals surface area (Å²) in [4.78, 5) is 6.94. The molecule has 2 aromatic rings. The van der Waals surface area contributed by atoms with Crippen molar-refractivity contribution in [3.63, 3.8) is 0 Å². The summed E-state index contributed by atoms with van der Waals surface area (Å²) < 4.78 is 2.26. The van der Waals surface area contributed by atoms with E-state index in [0.29, 0.717) is 6.04 Å². The molecule has 0 aliphatic carbocycles. The molecule has 17 heavy (non-hydrogen) atoms. The summed E-state index contributed by atoms with van der Waals surface area (Å²) in [7, 11) is 0. The minimum atomic E-state index is 0.369. The van der Waals surface area contributed by atoms with Crippen LogP contribution in [-0.2, 0) is 6.54 Å². The van der Waals surface area contributed by atoms with Gasteiger partial charge < -0.3 is 9.47 Å². The second-order valence-corrected chi connectivity index (χ2v) is 4.64. The van der Waals surface area contributed by atoms with Crippen molar-refractivity contribution in [1.29, 1.82) is 0 Å². The van der Waals surface area contributed by atoms with E-state index in [-0.39, 0.29) is 0 Å². The van der Waals surface area contributed by atoms with Crippen molar-refractivity contribution in [3.05, 3.63) is 48.0 Å². The molecule has 1 aromatic carbocycles. The van der Waals surface area contributed by atoms with Gasteiger partial charge in [-0.1, -0.05) is 18.2 Å². The molecule has 2 aliphatic rings. The third-order valence-electron chi connectivity index (χ3n) is 3.68. The van der Waals surface area contributed by atoms with Crippen LogP contribution in [0.1, 0.15) is 17.4 Å². The van der Waals surface area contributed by atoms with Gasteiger partial charge in [0.05, 0.1) is 13.2 Å². The van der Waals surface area contributed by atoms with Crippen LogP contribution in [0.2, 0.25) is 0 Å². The molecule has 4 rings (SSSR count). The van der Waals surface area contributed by atoms with Gasteiger partial charge in [0.15, 0.2) is 0 Å². The number of anilines is 1. The summed E-state index contributed by atoms with van der Waals surface area (Å²) >= 11 is 0. The van der Waals surface area contributed by atoms with Gasteiger partial charge in [0.25, 0.3) is 0 Å². The van der Waals surface area contributed by atoms with Gasteiger partial charge in [-0.05, 0) is 11.6 Å². The summed E-state index contributed by atoms with van der Waals surface area (Å²) in [5.74, 6) is 1.17. The Morgan fingerprint density at radius 2 is 2.24 bits per heavy atom. The van der Waals surface area contributed by atoms with Crippen LogP contribution in [0.5, 0.6) is 0 Å². The Bertz CT molecular complexity index is 560. The van der Waals surface area contributed by atoms with Crippen molar-refractivity contribution in [3.8, 4) is 0 Å². The smallest absolute Gasteiger partial charge is 0.133 e. The fourth-order valence-electron chi connectivity index (χ4n) is 2.89. The van der Waals surface area contributed by atoms with Crippen LogP contribution in [0.3, 0.4) is 0 Å². The largest absolute Gasteiger partial charge is 0.347 e. The van der Waals surface area contributed by atoms with E-state index in [0.717, 1.165) is 19.8 Å². The highest BCUT2D eigenvalue weighted by atomic mass is 15.3. The zero-order chi connectivity index (χ0) is 11.2. The van der Waals surface area contributed by atoms with Crippen LogP contribution in [-0.4, -0.2) is 22.8 Å². The average molecular weight is 226 g/mol. The van der Waals surface area contributed by atoms with Gasteiger partial charge in [0.1, 0.15) is 11.9 Å². The molecule has 0 spiro atoms. The van der Waals surface area contributed by atoms with Gasteiger partial charge in [-0.15, -0.1) is 0 Å². The van der Waals surface area contributed by atoms with Crippen LogP contribution >= 0.6 is 0 Å². The van der Waals surface area contributed by atoms with Crippen LogP contribution < -0.4 is 10.2 Å². The number of hydrogen-bond acceptors (Lipinski definition) is 3. The van der Waals surface area contributed by atoms with Crippen LogP contribution in [0.15, 0.2) is 36.7 Å². The number of nitrogens with zero attached hydrogens (tertiary/aromatic N) is 3. The lowest BCUT2D eigenvalue weighted by Crippen LogP contribution is -2.25. The Labute approximate surface area is 99.9 Å². The summed E-state index contributed by atoms with van der Waals surface area (Å²) in [5.41, 5.74) is 2.71.